The van der Waals surface area contributed by atoms with Crippen molar-refractivity contribution in [2.24, 2.45) is 0 Å². The van der Waals surface area contributed by atoms with E-state index >= 15 is 0 Å². The van der Waals surface area contributed by atoms with Crippen molar-refractivity contribution in [3.8, 4) is 0 Å². The first-order valence-corrected chi connectivity index (χ1v) is 8.38. The van der Waals surface area contributed by atoms with Gasteiger partial charge in [-0.1, -0.05) is 34.9 Å². The van der Waals surface area contributed by atoms with Crippen molar-refractivity contribution in [3.05, 3.63) is 34.9 Å². The van der Waals surface area contributed by atoms with E-state index < -0.39 is 5.97 Å². The lowest BCUT2D eigenvalue weighted by molar-refractivity contribution is -0.143. The molecule has 0 spiro atoms. The van der Waals surface area contributed by atoms with Crippen LogP contribution in [0.25, 0.3) is 0 Å². The first kappa shape index (κ1) is 21.4. The molecule has 0 aliphatic rings. The van der Waals surface area contributed by atoms with Crippen LogP contribution in [-0.2, 0) is 14.3 Å². The normalized spacial score (nSPS) is 12.0. The van der Waals surface area contributed by atoms with Crippen LogP contribution in [0.2, 0.25) is 0 Å². The minimum Gasteiger partial charge on any atom is -0.469 e. The molecule has 130 valence electrons. The highest BCUT2D eigenvalue weighted by Crippen LogP contribution is 2.12. The van der Waals surface area contributed by atoms with Gasteiger partial charge in [-0.3, -0.25) is 9.59 Å². The average molecular weight is 320 g/mol. The summed E-state index contributed by atoms with van der Waals surface area (Å²) in [4.78, 5) is 22.5. The molecule has 0 unspecified atom stereocenters. The second-order valence-corrected chi connectivity index (χ2v) is 6.29. The Bertz CT molecular complexity index is 463. The molecule has 0 saturated carbocycles. The van der Waals surface area contributed by atoms with E-state index in [9.17, 15) is 9.59 Å². The molecule has 0 heterocycles. The number of ketones is 1. The summed E-state index contributed by atoms with van der Waals surface area (Å²) < 4.78 is 4.48. The molecule has 3 heteroatoms. The molecule has 0 aliphatic heterocycles. The van der Waals surface area contributed by atoms with Crippen LogP contribution in [0.3, 0.4) is 0 Å². The summed E-state index contributed by atoms with van der Waals surface area (Å²) in [6.07, 6.45) is 12.0. The van der Waals surface area contributed by atoms with Crippen LogP contribution < -0.4 is 0 Å². The lowest BCUT2D eigenvalue weighted by Gasteiger charge is -2.02. The lowest BCUT2D eigenvalue weighted by atomic mass is 10.0. The molecule has 0 saturated heterocycles. The molecule has 0 aromatic heterocycles. The molecule has 3 nitrogen and oxygen atoms in total. The highest BCUT2D eigenvalue weighted by molar-refractivity contribution is 5.95. The van der Waals surface area contributed by atoms with Crippen molar-refractivity contribution in [2.75, 3.05) is 7.11 Å². The molecule has 0 atom stereocenters. The molecule has 23 heavy (non-hydrogen) atoms. The van der Waals surface area contributed by atoms with Gasteiger partial charge in [0.2, 0.25) is 0 Å². The summed E-state index contributed by atoms with van der Waals surface area (Å²) in [7, 11) is 1.30. The summed E-state index contributed by atoms with van der Waals surface area (Å²) in [6.45, 7) is 8.53. The second-order valence-electron chi connectivity index (χ2n) is 6.29. The van der Waals surface area contributed by atoms with E-state index in [2.05, 4.69) is 50.7 Å². The first-order valence-electron chi connectivity index (χ1n) is 8.38. The van der Waals surface area contributed by atoms with E-state index in [1.54, 1.807) is 0 Å². The summed E-state index contributed by atoms with van der Waals surface area (Å²) >= 11 is 0. The Morgan fingerprint density at radius 3 is 1.74 bits per heavy atom. The van der Waals surface area contributed by atoms with Gasteiger partial charge in [-0.2, -0.15) is 0 Å². The van der Waals surface area contributed by atoms with E-state index in [1.165, 1.54) is 23.8 Å². The maximum atomic E-state index is 11.5. The van der Waals surface area contributed by atoms with Crippen molar-refractivity contribution in [2.45, 2.75) is 72.6 Å². The highest BCUT2D eigenvalue weighted by atomic mass is 16.5. The minimum absolute atomic E-state index is 0.0593. The first-order chi connectivity index (χ1) is 10.8. The molecule has 0 aliphatic carbocycles. The Labute approximate surface area is 141 Å². The molecule has 0 radical (unpaired) electrons. The van der Waals surface area contributed by atoms with E-state index in [1.807, 2.05) is 0 Å². The quantitative estimate of drug-likeness (QED) is 0.294. The fraction of sp³-hybridized carbons (Fsp3) is 0.600. The number of hydrogen-bond acceptors (Lipinski definition) is 3. The van der Waals surface area contributed by atoms with Crippen LogP contribution in [0, 0.1) is 0 Å². The van der Waals surface area contributed by atoms with Gasteiger partial charge in [0.1, 0.15) is 12.2 Å². The van der Waals surface area contributed by atoms with Gasteiger partial charge in [-0.15, -0.1) is 0 Å². The van der Waals surface area contributed by atoms with E-state index in [4.69, 9.17) is 0 Å². The van der Waals surface area contributed by atoms with E-state index in [0.29, 0.717) is 12.8 Å². The fourth-order valence-corrected chi connectivity index (χ4v) is 2.14. The lowest BCUT2D eigenvalue weighted by Crippen LogP contribution is -2.08. The van der Waals surface area contributed by atoms with Crippen molar-refractivity contribution >= 4 is 11.8 Å². The summed E-state index contributed by atoms with van der Waals surface area (Å²) in [5.41, 5.74) is 4.10. The van der Waals surface area contributed by atoms with Gasteiger partial charge in [0.05, 0.1) is 7.11 Å². The number of hydrogen-bond donors (Lipinski definition) is 0. The minimum atomic E-state index is -0.454. The van der Waals surface area contributed by atoms with Crippen molar-refractivity contribution < 1.29 is 14.3 Å². The number of allylic oxidation sites excluding steroid dienone is 6. The van der Waals surface area contributed by atoms with Crippen molar-refractivity contribution in [3.63, 3.8) is 0 Å². The Hall–Kier alpha value is -1.64. The molecular formula is C20H32O3. The van der Waals surface area contributed by atoms with Gasteiger partial charge >= 0.3 is 5.97 Å². The van der Waals surface area contributed by atoms with Gasteiger partial charge in [0.25, 0.3) is 0 Å². The predicted octanol–water partition coefficient (Wildman–Crippen LogP) is 5.32. The third-order valence-corrected chi connectivity index (χ3v) is 3.61. The highest BCUT2D eigenvalue weighted by Gasteiger charge is 2.08. The molecule has 0 aromatic carbocycles. The number of esters is 1. The van der Waals surface area contributed by atoms with Gasteiger partial charge < -0.3 is 4.74 Å². The van der Waals surface area contributed by atoms with Crippen molar-refractivity contribution in [1.29, 1.82) is 0 Å². The van der Waals surface area contributed by atoms with Gasteiger partial charge in [-0.05, 0) is 59.8 Å². The van der Waals surface area contributed by atoms with Crippen LogP contribution in [0.5, 0.6) is 0 Å². The Morgan fingerprint density at radius 2 is 1.26 bits per heavy atom. The Morgan fingerprint density at radius 1 is 0.783 bits per heavy atom. The number of ether oxygens (including phenoxy) is 1. The maximum absolute atomic E-state index is 11.5. The molecule has 0 aromatic rings. The number of methoxy groups -OCH3 is 1. The zero-order valence-electron chi connectivity index (χ0n) is 15.4. The number of Topliss-reactive ketones (excluding diaryl/α,β-unsaturated/α-hetero) is 1. The second kappa shape index (κ2) is 12.9. The molecule has 0 amide bonds. The zero-order valence-corrected chi connectivity index (χ0v) is 15.4. The Kier molecular flexibility index (Phi) is 11.9. The monoisotopic (exact) mass is 320 g/mol. The molecule has 0 rings (SSSR count). The molecule has 0 N–H and O–H groups in total. The summed E-state index contributed by atoms with van der Waals surface area (Å²) in [5, 5.41) is 0. The zero-order chi connectivity index (χ0) is 17.7. The molecular weight excluding hydrogens is 288 g/mol. The standard InChI is InChI=1S/C20H32O3/c1-16(2)9-6-10-17(3)11-7-12-18(4)13-8-14-19(21)15-20(22)23-5/h9,11,13H,6-8,10,12,14-15H2,1-5H3/b17-11+,18-13+. The van der Waals surface area contributed by atoms with Gasteiger partial charge in [0.15, 0.2) is 0 Å². The van der Waals surface area contributed by atoms with Crippen molar-refractivity contribution in [1.82, 2.24) is 0 Å². The van der Waals surface area contributed by atoms with Crippen LogP contribution >= 0.6 is 0 Å². The van der Waals surface area contributed by atoms with Gasteiger partial charge in [-0.25, -0.2) is 0 Å². The van der Waals surface area contributed by atoms with Crippen LogP contribution in [0.15, 0.2) is 34.9 Å². The topological polar surface area (TPSA) is 43.4 Å². The van der Waals surface area contributed by atoms with Crippen LogP contribution in [0.4, 0.5) is 0 Å². The smallest absolute Gasteiger partial charge is 0.313 e. The molecule has 0 fully saturated rings. The van der Waals surface area contributed by atoms with E-state index in [-0.39, 0.29) is 12.2 Å². The third-order valence-electron chi connectivity index (χ3n) is 3.61. The fourth-order valence-electron chi connectivity index (χ4n) is 2.14. The maximum Gasteiger partial charge on any atom is 0.313 e. The number of carbonyl (C=O) groups excluding carboxylic acids is 2. The predicted molar refractivity (Wildman–Crippen MR) is 96.3 cm³/mol. The summed E-state index contributed by atoms with van der Waals surface area (Å²) in [5.74, 6) is -0.514. The molecule has 0 bridgehead atoms. The largest absolute Gasteiger partial charge is 0.469 e. The SMILES string of the molecule is COC(=O)CC(=O)CC/C=C(\C)CC/C=C(\C)CCC=C(C)C. The number of rotatable bonds is 11. The Balaban J connectivity index is 3.96. The summed E-state index contributed by atoms with van der Waals surface area (Å²) in [6, 6.07) is 0. The third kappa shape index (κ3) is 13.7. The number of carbonyl (C=O) groups is 2. The van der Waals surface area contributed by atoms with Gasteiger partial charge in [0, 0.05) is 6.42 Å². The average Bonchev–Trinajstić information content (AvgIpc) is 2.46. The van der Waals surface area contributed by atoms with Crippen LogP contribution in [0.1, 0.15) is 72.6 Å². The van der Waals surface area contributed by atoms with Crippen LogP contribution in [-0.4, -0.2) is 18.9 Å². The van der Waals surface area contributed by atoms with E-state index in [0.717, 1.165) is 25.7 Å².